The Morgan fingerprint density at radius 3 is 2.48 bits per heavy atom. The highest BCUT2D eigenvalue weighted by Crippen LogP contribution is 2.41. The molecule has 0 spiro atoms. The van der Waals surface area contributed by atoms with E-state index in [0.717, 1.165) is 0 Å². The lowest BCUT2D eigenvalue weighted by Crippen LogP contribution is -2.21. The maximum atomic E-state index is 13.2. The van der Waals surface area contributed by atoms with Gasteiger partial charge in [0.2, 0.25) is 5.75 Å². The van der Waals surface area contributed by atoms with E-state index in [1.54, 1.807) is 0 Å². The maximum absolute atomic E-state index is 13.2. The van der Waals surface area contributed by atoms with Crippen LogP contribution in [-0.4, -0.2) is 9.97 Å². The molecule has 0 aliphatic heterocycles. The smallest absolute Gasteiger partial charge is 0.437 e. The number of ether oxygens (including phenoxy) is 1. The average molecular weight is 365 g/mol. The molecule has 0 bridgehead atoms. The van der Waals surface area contributed by atoms with Crippen molar-refractivity contribution in [3.8, 4) is 11.5 Å². The van der Waals surface area contributed by atoms with Gasteiger partial charge in [0.25, 0.3) is 5.56 Å². The molecular formula is C14H9Cl2F3N2O2. The molecule has 4 nitrogen and oxygen atoms in total. The molecule has 1 saturated carbocycles. The Kier molecular flexibility index (Phi) is 4.01. The largest absolute Gasteiger partial charge is 0.449 e. The Balaban J connectivity index is 2.06. The maximum Gasteiger partial charge on any atom is 0.437 e. The molecule has 1 aliphatic rings. The van der Waals surface area contributed by atoms with Crippen LogP contribution in [0.25, 0.3) is 0 Å². The number of aromatic amines is 1. The van der Waals surface area contributed by atoms with E-state index in [0.29, 0.717) is 12.8 Å². The predicted molar refractivity (Wildman–Crippen MR) is 78.4 cm³/mol. The van der Waals surface area contributed by atoms with Gasteiger partial charge in [-0.25, -0.2) is 4.98 Å². The van der Waals surface area contributed by atoms with Crippen molar-refractivity contribution in [2.75, 3.05) is 0 Å². The highest BCUT2D eigenvalue weighted by molar-refractivity contribution is 6.42. The fraction of sp³-hybridized carbons (Fsp3) is 0.286. The normalized spacial score (nSPS) is 14.8. The second kappa shape index (κ2) is 5.72. The van der Waals surface area contributed by atoms with Crippen LogP contribution in [0.5, 0.6) is 11.5 Å². The first-order valence-electron chi connectivity index (χ1n) is 6.60. The standard InChI is InChI=1S/C14H9Cl2F3N2O2/c15-8-4-3-7(5-9(8)16)23-10-11(14(17,18)19)20-12(6-1-2-6)21-13(10)22/h3-6H,1-2H2,(H,20,21,22). The minimum Gasteiger partial charge on any atom is -0.449 e. The van der Waals surface area contributed by atoms with Crippen molar-refractivity contribution < 1.29 is 17.9 Å². The lowest BCUT2D eigenvalue weighted by atomic mass is 10.3. The van der Waals surface area contributed by atoms with Crippen molar-refractivity contribution >= 4 is 23.2 Å². The molecule has 1 aromatic carbocycles. The number of halogens is 5. The number of benzene rings is 1. The summed E-state index contributed by atoms with van der Waals surface area (Å²) in [6.45, 7) is 0. The van der Waals surface area contributed by atoms with E-state index in [4.69, 9.17) is 27.9 Å². The summed E-state index contributed by atoms with van der Waals surface area (Å²) in [6, 6.07) is 3.88. The summed E-state index contributed by atoms with van der Waals surface area (Å²) in [7, 11) is 0. The van der Waals surface area contributed by atoms with Crippen molar-refractivity contribution in [1.29, 1.82) is 0 Å². The van der Waals surface area contributed by atoms with Crippen LogP contribution in [-0.2, 0) is 6.18 Å². The third-order valence-corrected chi connectivity index (χ3v) is 3.98. The Hall–Kier alpha value is -1.73. The SMILES string of the molecule is O=c1[nH]c(C2CC2)nc(C(F)(F)F)c1Oc1ccc(Cl)c(Cl)c1. The first-order valence-corrected chi connectivity index (χ1v) is 7.35. The zero-order chi connectivity index (χ0) is 16.8. The van der Waals surface area contributed by atoms with E-state index in [9.17, 15) is 18.0 Å². The van der Waals surface area contributed by atoms with Gasteiger partial charge in [-0.1, -0.05) is 23.2 Å². The van der Waals surface area contributed by atoms with E-state index in [1.165, 1.54) is 18.2 Å². The summed E-state index contributed by atoms with van der Waals surface area (Å²) >= 11 is 11.5. The summed E-state index contributed by atoms with van der Waals surface area (Å²) in [6.07, 6.45) is -3.41. The number of alkyl halides is 3. The number of aromatic nitrogens is 2. The Labute approximate surface area is 138 Å². The highest BCUT2D eigenvalue weighted by Gasteiger charge is 2.40. The Morgan fingerprint density at radius 2 is 1.91 bits per heavy atom. The fourth-order valence-corrected chi connectivity index (χ4v) is 2.26. The van der Waals surface area contributed by atoms with Crippen LogP contribution in [0.3, 0.4) is 0 Å². The van der Waals surface area contributed by atoms with Crippen LogP contribution in [0.1, 0.15) is 30.3 Å². The number of H-pyrrole nitrogens is 1. The van der Waals surface area contributed by atoms with Gasteiger partial charge in [-0.15, -0.1) is 0 Å². The molecular weight excluding hydrogens is 356 g/mol. The fourth-order valence-electron chi connectivity index (χ4n) is 1.97. The summed E-state index contributed by atoms with van der Waals surface area (Å²) in [4.78, 5) is 17.9. The van der Waals surface area contributed by atoms with Crippen molar-refractivity contribution in [3.05, 3.63) is 50.1 Å². The van der Waals surface area contributed by atoms with Crippen LogP contribution in [0.2, 0.25) is 10.0 Å². The van der Waals surface area contributed by atoms with E-state index in [1.807, 2.05) is 0 Å². The van der Waals surface area contributed by atoms with Gasteiger partial charge in [-0.3, -0.25) is 4.79 Å². The van der Waals surface area contributed by atoms with Gasteiger partial charge in [-0.2, -0.15) is 13.2 Å². The average Bonchev–Trinajstić information content (AvgIpc) is 3.28. The first-order chi connectivity index (χ1) is 10.8. The molecule has 1 N–H and O–H groups in total. The van der Waals surface area contributed by atoms with Crippen molar-refractivity contribution in [1.82, 2.24) is 9.97 Å². The monoisotopic (exact) mass is 364 g/mol. The molecule has 0 atom stereocenters. The van der Waals surface area contributed by atoms with Gasteiger partial charge >= 0.3 is 6.18 Å². The van der Waals surface area contributed by atoms with Gasteiger partial charge in [0.05, 0.1) is 10.0 Å². The second-order valence-corrected chi connectivity index (χ2v) is 5.89. The van der Waals surface area contributed by atoms with Gasteiger partial charge < -0.3 is 9.72 Å². The number of nitrogens with one attached hydrogen (secondary N) is 1. The molecule has 3 rings (SSSR count). The molecule has 122 valence electrons. The number of rotatable bonds is 3. The van der Waals surface area contributed by atoms with Gasteiger partial charge in [0.15, 0.2) is 5.69 Å². The minimum absolute atomic E-state index is 0.0313. The van der Waals surface area contributed by atoms with Crippen molar-refractivity contribution in [2.24, 2.45) is 0 Å². The van der Waals surface area contributed by atoms with Crippen LogP contribution < -0.4 is 10.3 Å². The zero-order valence-electron chi connectivity index (χ0n) is 11.4. The lowest BCUT2D eigenvalue weighted by Gasteiger charge is -2.13. The van der Waals surface area contributed by atoms with Crippen molar-refractivity contribution in [2.45, 2.75) is 24.9 Å². The molecule has 2 aromatic rings. The van der Waals surface area contributed by atoms with E-state index in [-0.39, 0.29) is 27.5 Å². The Bertz CT molecular complexity index is 817. The quantitative estimate of drug-likeness (QED) is 0.853. The molecule has 1 heterocycles. The van der Waals surface area contributed by atoms with Crippen LogP contribution in [0, 0.1) is 0 Å². The van der Waals surface area contributed by atoms with E-state index in [2.05, 4.69) is 9.97 Å². The zero-order valence-corrected chi connectivity index (χ0v) is 12.9. The Morgan fingerprint density at radius 1 is 1.22 bits per heavy atom. The van der Waals surface area contributed by atoms with Crippen LogP contribution in [0.4, 0.5) is 13.2 Å². The number of nitrogens with zero attached hydrogens (tertiary/aromatic N) is 1. The summed E-state index contributed by atoms with van der Waals surface area (Å²) < 4.78 is 44.7. The van der Waals surface area contributed by atoms with E-state index < -0.39 is 23.2 Å². The molecule has 0 unspecified atom stereocenters. The molecule has 1 aromatic heterocycles. The minimum atomic E-state index is -4.82. The summed E-state index contributed by atoms with van der Waals surface area (Å²) in [5.41, 5.74) is -2.34. The molecule has 1 aliphatic carbocycles. The molecule has 0 amide bonds. The lowest BCUT2D eigenvalue weighted by molar-refractivity contribution is -0.142. The number of hydrogen-bond donors (Lipinski definition) is 1. The van der Waals surface area contributed by atoms with E-state index >= 15 is 0 Å². The highest BCUT2D eigenvalue weighted by atomic mass is 35.5. The van der Waals surface area contributed by atoms with Crippen LogP contribution in [0.15, 0.2) is 23.0 Å². The third-order valence-electron chi connectivity index (χ3n) is 3.24. The second-order valence-electron chi connectivity index (χ2n) is 5.08. The molecule has 0 saturated heterocycles. The number of hydrogen-bond acceptors (Lipinski definition) is 3. The topological polar surface area (TPSA) is 55.0 Å². The third kappa shape index (κ3) is 3.45. The molecule has 23 heavy (non-hydrogen) atoms. The molecule has 0 radical (unpaired) electrons. The van der Waals surface area contributed by atoms with Crippen molar-refractivity contribution in [3.63, 3.8) is 0 Å². The van der Waals surface area contributed by atoms with Crippen LogP contribution >= 0.6 is 23.2 Å². The van der Waals surface area contributed by atoms with Gasteiger partial charge in [-0.05, 0) is 25.0 Å². The molecule has 9 heteroatoms. The first kappa shape index (κ1) is 16.1. The van der Waals surface area contributed by atoms with Gasteiger partial charge in [0.1, 0.15) is 11.6 Å². The predicted octanol–water partition coefficient (Wildman–Crippen LogP) is 4.77. The summed E-state index contributed by atoms with van der Waals surface area (Å²) in [5, 5.41) is 0.308. The van der Waals surface area contributed by atoms with Gasteiger partial charge in [0, 0.05) is 12.0 Å². The summed E-state index contributed by atoms with van der Waals surface area (Å²) in [5.74, 6) is -1.07. The molecule has 1 fully saturated rings.